The number of carbonyl (C=O) groups is 1. The zero-order valence-electron chi connectivity index (χ0n) is 14.8. The number of carbonyl (C=O) groups excluding carboxylic acids is 1. The normalized spacial score (nSPS) is 17.5. The van der Waals surface area contributed by atoms with E-state index in [1.807, 2.05) is 19.1 Å². The molecule has 6 heteroatoms. The number of piperazine rings is 1. The van der Waals surface area contributed by atoms with Crippen molar-refractivity contribution in [1.82, 2.24) is 15.1 Å². The topological polar surface area (TPSA) is 67.8 Å². The first kappa shape index (κ1) is 18.7. The van der Waals surface area contributed by atoms with Crippen LogP contribution in [0.15, 0.2) is 24.3 Å². The number of hydrogen-bond acceptors (Lipinski definition) is 4. The Balaban J connectivity index is 1.75. The number of rotatable bonds is 7. The van der Waals surface area contributed by atoms with Crippen LogP contribution in [0.3, 0.4) is 0 Å². The molecule has 1 heterocycles. The summed E-state index contributed by atoms with van der Waals surface area (Å²) in [6.45, 7) is 7.52. The number of anilines is 1. The standard InChI is InChI=1S/C18H30N4O2/c1-3-16(14-23)19-18(24)20-17-6-4-15(5-7-17)8-9-22-12-10-21(2)11-13-22/h4-7,16,23H,3,8-14H2,1-2H3,(H2,19,20,24). The second kappa shape index (κ2) is 9.61. The molecule has 1 unspecified atom stereocenters. The summed E-state index contributed by atoms with van der Waals surface area (Å²) >= 11 is 0. The van der Waals surface area contributed by atoms with Crippen LogP contribution >= 0.6 is 0 Å². The lowest BCUT2D eigenvalue weighted by molar-refractivity contribution is 0.155. The van der Waals surface area contributed by atoms with E-state index in [2.05, 4.69) is 39.6 Å². The monoisotopic (exact) mass is 334 g/mol. The fraction of sp³-hybridized carbons (Fsp3) is 0.611. The average Bonchev–Trinajstić information content (AvgIpc) is 2.60. The van der Waals surface area contributed by atoms with Gasteiger partial charge in [-0.05, 0) is 37.6 Å². The molecule has 1 saturated heterocycles. The number of hydrogen-bond donors (Lipinski definition) is 3. The zero-order valence-corrected chi connectivity index (χ0v) is 14.8. The molecule has 3 N–H and O–H groups in total. The van der Waals surface area contributed by atoms with Crippen molar-refractivity contribution in [1.29, 1.82) is 0 Å². The quantitative estimate of drug-likeness (QED) is 0.704. The summed E-state index contributed by atoms with van der Waals surface area (Å²) in [7, 11) is 2.17. The molecule has 1 aromatic carbocycles. The molecule has 6 nitrogen and oxygen atoms in total. The molecule has 0 aliphatic carbocycles. The van der Waals surface area contributed by atoms with Crippen molar-refractivity contribution in [3.63, 3.8) is 0 Å². The van der Waals surface area contributed by atoms with Gasteiger partial charge in [0.1, 0.15) is 0 Å². The average molecular weight is 334 g/mol. The molecule has 0 saturated carbocycles. The smallest absolute Gasteiger partial charge is 0.319 e. The van der Waals surface area contributed by atoms with Crippen LogP contribution in [-0.2, 0) is 6.42 Å². The predicted octanol–water partition coefficient (Wildman–Crippen LogP) is 1.37. The molecule has 1 aliphatic heterocycles. The van der Waals surface area contributed by atoms with Gasteiger partial charge in [-0.2, -0.15) is 0 Å². The van der Waals surface area contributed by atoms with Gasteiger partial charge in [0, 0.05) is 38.4 Å². The highest BCUT2D eigenvalue weighted by Crippen LogP contribution is 2.11. The maximum Gasteiger partial charge on any atom is 0.319 e. The maximum atomic E-state index is 11.8. The van der Waals surface area contributed by atoms with Crippen LogP contribution < -0.4 is 10.6 Å². The highest BCUT2D eigenvalue weighted by Gasteiger charge is 2.13. The van der Waals surface area contributed by atoms with Crippen molar-refractivity contribution in [2.75, 3.05) is 51.7 Å². The molecule has 134 valence electrons. The third kappa shape index (κ3) is 6.11. The van der Waals surface area contributed by atoms with Crippen molar-refractivity contribution in [2.45, 2.75) is 25.8 Å². The number of aliphatic hydroxyl groups is 1. The van der Waals surface area contributed by atoms with E-state index in [-0.39, 0.29) is 18.7 Å². The number of urea groups is 1. The van der Waals surface area contributed by atoms with E-state index in [1.54, 1.807) is 0 Å². The summed E-state index contributed by atoms with van der Waals surface area (Å²) in [5.74, 6) is 0. The highest BCUT2D eigenvalue weighted by atomic mass is 16.3. The molecule has 0 aromatic heterocycles. The summed E-state index contributed by atoms with van der Waals surface area (Å²) in [5, 5.41) is 14.7. The lowest BCUT2D eigenvalue weighted by Gasteiger charge is -2.32. The molecule has 1 atom stereocenters. The van der Waals surface area contributed by atoms with Crippen LogP contribution in [0.5, 0.6) is 0 Å². The van der Waals surface area contributed by atoms with E-state index in [1.165, 1.54) is 5.56 Å². The van der Waals surface area contributed by atoms with Crippen molar-refractivity contribution < 1.29 is 9.90 Å². The van der Waals surface area contributed by atoms with E-state index in [9.17, 15) is 4.79 Å². The molecular formula is C18H30N4O2. The van der Waals surface area contributed by atoms with Gasteiger partial charge >= 0.3 is 6.03 Å². The third-order valence-electron chi connectivity index (χ3n) is 4.57. The SMILES string of the molecule is CCC(CO)NC(=O)Nc1ccc(CCN2CCN(C)CC2)cc1. The second-order valence-electron chi connectivity index (χ2n) is 6.48. The van der Waals surface area contributed by atoms with Crippen molar-refractivity contribution in [3.8, 4) is 0 Å². The first-order valence-corrected chi connectivity index (χ1v) is 8.79. The number of aliphatic hydroxyl groups excluding tert-OH is 1. The summed E-state index contributed by atoms with van der Waals surface area (Å²) in [4.78, 5) is 16.7. The number of benzene rings is 1. The third-order valence-corrected chi connectivity index (χ3v) is 4.57. The number of nitrogens with zero attached hydrogens (tertiary/aromatic N) is 2. The number of likely N-dealkylation sites (N-methyl/N-ethyl adjacent to an activating group) is 1. The molecule has 2 amide bonds. The number of amides is 2. The molecule has 0 radical (unpaired) electrons. The molecule has 1 fully saturated rings. The van der Waals surface area contributed by atoms with Gasteiger partial charge in [-0.3, -0.25) is 0 Å². The zero-order chi connectivity index (χ0) is 17.4. The van der Waals surface area contributed by atoms with E-state index in [0.29, 0.717) is 6.42 Å². The van der Waals surface area contributed by atoms with Crippen LogP contribution in [-0.4, -0.2) is 73.4 Å². The summed E-state index contributed by atoms with van der Waals surface area (Å²) in [6.07, 6.45) is 1.73. The Hall–Kier alpha value is -1.63. The van der Waals surface area contributed by atoms with Gasteiger partial charge in [-0.1, -0.05) is 19.1 Å². The predicted molar refractivity (Wildman–Crippen MR) is 97.4 cm³/mol. The lowest BCUT2D eigenvalue weighted by atomic mass is 10.1. The number of nitrogens with one attached hydrogen (secondary N) is 2. The fourth-order valence-corrected chi connectivity index (χ4v) is 2.74. The van der Waals surface area contributed by atoms with Crippen LogP contribution in [0.1, 0.15) is 18.9 Å². The molecule has 0 spiro atoms. The minimum atomic E-state index is -0.277. The van der Waals surface area contributed by atoms with E-state index >= 15 is 0 Å². The van der Waals surface area contributed by atoms with Crippen molar-refractivity contribution in [2.24, 2.45) is 0 Å². The summed E-state index contributed by atoms with van der Waals surface area (Å²) in [6, 6.07) is 7.51. The molecule has 2 rings (SSSR count). The Morgan fingerprint density at radius 2 is 1.88 bits per heavy atom. The first-order valence-electron chi connectivity index (χ1n) is 8.79. The van der Waals surface area contributed by atoms with Gasteiger partial charge in [-0.15, -0.1) is 0 Å². The molecule has 0 bridgehead atoms. The molecule has 24 heavy (non-hydrogen) atoms. The van der Waals surface area contributed by atoms with Gasteiger partial charge < -0.3 is 25.5 Å². The van der Waals surface area contributed by atoms with Crippen LogP contribution in [0.25, 0.3) is 0 Å². The maximum absolute atomic E-state index is 11.8. The Labute approximate surface area is 144 Å². The molecule has 1 aromatic rings. The largest absolute Gasteiger partial charge is 0.394 e. The summed E-state index contributed by atoms with van der Waals surface area (Å²) < 4.78 is 0. The first-order chi connectivity index (χ1) is 11.6. The molecular weight excluding hydrogens is 304 g/mol. The van der Waals surface area contributed by atoms with Gasteiger partial charge in [0.05, 0.1) is 12.6 Å². The van der Waals surface area contributed by atoms with Crippen LogP contribution in [0, 0.1) is 0 Å². The Morgan fingerprint density at radius 1 is 1.21 bits per heavy atom. The Bertz CT molecular complexity index is 494. The Kier molecular flexibility index (Phi) is 7.49. The minimum Gasteiger partial charge on any atom is -0.394 e. The van der Waals surface area contributed by atoms with E-state index in [4.69, 9.17) is 5.11 Å². The second-order valence-corrected chi connectivity index (χ2v) is 6.48. The van der Waals surface area contributed by atoms with Crippen LogP contribution in [0.2, 0.25) is 0 Å². The van der Waals surface area contributed by atoms with E-state index < -0.39 is 0 Å². The Morgan fingerprint density at radius 3 is 2.46 bits per heavy atom. The summed E-state index contributed by atoms with van der Waals surface area (Å²) in [5.41, 5.74) is 2.05. The van der Waals surface area contributed by atoms with E-state index in [0.717, 1.165) is 44.8 Å². The van der Waals surface area contributed by atoms with Gasteiger partial charge in [0.25, 0.3) is 0 Å². The highest BCUT2D eigenvalue weighted by molar-refractivity contribution is 5.89. The van der Waals surface area contributed by atoms with Gasteiger partial charge in [0.2, 0.25) is 0 Å². The molecule has 1 aliphatic rings. The fourth-order valence-electron chi connectivity index (χ4n) is 2.74. The van der Waals surface area contributed by atoms with Gasteiger partial charge in [0.15, 0.2) is 0 Å². The van der Waals surface area contributed by atoms with Crippen molar-refractivity contribution in [3.05, 3.63) is 29.8 Å². The minimum absolute atomic E-state index is 0.0465. The van der Waals surface area contributed by atoms with Crippen LogP contribution in [0.4, 0.5) is 10.5 Å². The lowest BCUT2D eigenvalue weighted by Crippen LogP contribution is -2.45. The van der Waals surface area contributed by atoms with Crippen molar-refractivity contribution >= 4 is 11.7 Å². The van der Waals surface area contributed by atoms with Gasteiger partial charge in [-0.25, -0.2) is 4.79 Å².